The molecule has 0 saturated carbocycles. The smallest absolute Gasteiger partial charge is 0.198 e. The average molecular weight is 224 g/mol. The highest BCUT2D eigenvalue weighted by Gasteiger charge is 2.18. The van der Waals surface area contributed by atoms with Gasteiger partial charge in [0.05, 0.1) is 11.9 Å². The van der Waals surface area contributed by atoms with Gasteiger partial charge >= 0.3 is 0 Å². The fraction of sp³-hybridized carbons (Fsp3) is 0.444. The molecule has 0 unspecified atom stereocenters. The molecule has 1 fully saturated rings. The van der Waals surface area contributed by atoms with Crippen molar-refractivity contribution < 1.29 is 0 Å². The van der Waals surface area contributed by atoms with Crippen LogP contribution in [0.25, 0.3) is 5.65 Å². The first-order chi connectivity index (χ1) is 7.36. The van der Waals surface area contributed by atoms with Crippen molar-refractivity contribution in [2.45, 2.75) is 12.8 Å². The van der Waals surface area contributed by atoms with Gasteiger partial charge in [0, 0.05) is 13.1 Å². The van der Waals surface area contributed by atoms with Crippen molar-refractivity contribution in [3.63, 3.8) is 0 Å². The van der Waals surface area contributed by atoms with Crippen LogP contribution in [0.2, 0.25) is 5.02 Å². The van der Waals surface area contributed by atoms with Crippen molar-refractivity contribution in [3.8, 4) is 0 Å². The highest BCUT2D eigenvalue weighted by atomic mass is 35.5. The molecule has 6 heteroatoms. The normalized spacial score (nSPS) is 16.5. The van der Waals surface area contributed by atoms with Crippen LogP contribution in [-0.2, 0) is 0 Å². The minimum atomic E-state index is 0.626. The SMILES string of the molecule is Clc1c(N2CCCC2)cnn2cnnc12. The number of rotatable bonds is 1. The van der Waals surface area contributed by atoms with Gasteiger partial charge in [-0.15, -0.1) is 10.2 Å². The van der Waals surface area contributed by atoms with Gasteiger partial charge in [-0.1, -0.05) is 11.6 Å². The van der Waals surface area contributed by atoms with Crippen molar-refractivity contribution >= 4 is 22.9 Å². The average Bonchev–Trinajstić information content (AvgIpc) is 2.87. The quantitative estimate of drug-likeness (QED) is 0.733. The van der Waals surface area contributed by atoms with Gasteiger partial charge in [-0.2, -0.15) is 9.61 Å². The lowest BCUT2D eigenvalue weighted by atomic mass is 10.4. The molecule has 0 aromatic carbocycles. The van der Waals surface area contributed by atoms with E-state index in [-0.39, 0.29) is 0 Å². The van der Waals surface area contributed by atoms with Crippen LogP contribution in [-0.4, -0.2) is 32.9 Å². The second-order valence-corrected chi connectivity index (χ2v) is 4.02. The molecule has 0 atom stereocenters. The molecule has 0 N–H and O–H groups in total. The lowest BCUT2D eigenvalue weighted by Crippen LogP contribution is -2.18. The predicted molar refractivity (Wildman–Crippen MR) is 57.2 cm³/mol. The fourth-order valence-electron chi connectivity index (χ4n) is 1.93. The second kappa shape index (κ2) is 3.34. The molecular formula is C9H10ClN5. The Morgan fingerprint density at radius 3 is 2.87 bits per heavy atom. The summed E-state index contributed by atoms with van der Waals surface area (Å²) in [7, 11) is 0. The van der Waals surface area contributed by atoms with E-state index in [9.17, 15) is 0 Å². The molecule has 2 aromatic heterocycles. The zero-order valence-corrected chi connectivity index (χ0v) is 8.85. The number of nitrogens with zero attached hydrogens (tertiary/aromatic N) is 5. The maximum atomic E-state index is 6.26. The monoisotopic (exact) mass is 223 g/mol. The summed E-state index contributed by atoms with van der Waals surface area (Å²) in [4.78, 5) is 2.24. The van der Waals surface area contributed by atoms with E-state index >= 15 is 0 Å². The summed E-state index contributed by atoms with van der Waals surface area (Å²) < 4.78 is 1.59. The molecule has 78 valence electrons. The van der Waals surface area contributed by atoms with Gasteiger partial charge in [-0.25, -0.2) is 0 Å². The van der Waals surface area contributed by atoms with Crippen LogP contribution in [0, 0.1) is 0 Å². The highest BCUT2D eigenvalue weighted by molar-refractivity contribution is 6.36. The molecule has 3 rings (SSSR count). The minimum absolute atomic E-state index is 0.626. The van der Waals surface area contributed by atoms with Gasteiger partial charge in [0.2, 0.25) is 0 Å². The summed E-state index contributed by atoms with van der Waals surface area (Å²) in [6.07, 6.45) is 5.77. The molecule has 2 aromatic rings. The summed E-state index contributed by atoms with van der Waals surface area (Å²) in [5, 5.41) is 12.6. The Balaban J connectivity index is 2.13. The fourth-order valence-corrected chi connectivity index (χ4v) is 2.22. The van der Waals surface area contributed by atoms with Crippen LogP contribution < -0.4 is 4.90 Å². The van der Waals surface area contributed by atoms with E-state index in [0.717, 1.165) is 18.8 Å². The molecule has 15 heavy (non-hydrogen) atoms. The first-order valence-corrected chi connectivity index (χ1v) is 5.33. The van der Waals surface area contributed by atoms with E-state index in [1.807, 2.05) is 0 Å². The number of halogens is 1. The molecule has 0 bridgehead atoms. The molecule has 1 aliphatic rings. The molecule has 1 aliphatic heterocycles. The van der Waals surface area contributed by atoms with Crippen LogP contribution >= 0.6 is 11.6 Å². The molecule has 5 nitrogen and oxygen atoms in total. The topological polar surface area (TPSA) is 46.3 Å². The maximum Gasteiger partial charge on any atom is 0.198 e. The summed E-state index contributed by atoms with van der Waals surface area (Å²) in [5.41, 5.74) is 1.59. The molecule has 1 saturated heterocycles. The second-order valence-electron chi connectivity index (χ2n) is 3.64. The van der Waals surface area contributed by atoms with E-state index in [4.69, 9.17) is 11.6 Å². The van der Waals surface area contributed by atoms with E-state index in [2.05, 4.69) is 20.2 Å². The predicted octanol–water partition coefficient (Wildman–Crippen LogP) is 1.38. The molecular weight excluding hydrogens is 214 g/mol. The number of aromatic nitrogens is 4. The van der Waals surface area contributed by atoms with Gasteiger partial charge in [-0.05, 0) is 12.8 Å². The van der Waals surface area contributed by atoms with Crippen LogP contribution in [0.3, 0.4) is 0 Å². The van der Waals surface area contributed by atoms with Crippen molar-refractivity contribution in [2.24, 2.45) is 0 Å². The maximum absolute atomic E-state index is 6.26. The van der Waals surface area contributed by atoms with Crippen molar-refractivity contribution in [2.75, 3.05) is 18.0 Å². The Morgan fingerprint density at radius 1 is 1.27 bits per heavy atom. The van der Waals surface area contributed by atoms with Crippen LogP contribution in [0.4, 0.5) is 5.69 Å². The first-order valence-electron chi connectivity index (χ1n) is 4.96. The molecule has 3 heterocycles. The Labute approximate surface area is 91.7 Å². The lowest BCUT2D eigenvalue weighted by Gasteiger charge is -2.18. The van der Waals surface area contributed by atoms with Gasteiger partial charge in [-0.3, -0.25) is 0 Å². The number of hydrogen-bond donors (Lipinski definition) is 0. The molecule has 0 radical (unpaired) electrons. The van der Waals surface area contributed by atoms with E-state index in [1.54, 1.807) is 17.0 Å². The van der Waals surface area contributed by atoms with E-state index in [1.165, 1.54) is 12.8 Å². The van der Waals surface area contributed by atoms with Crippen molar-refractivity contribution in [3.05, 3.63) is 17.5 Å². The molecule has 0 amide bonds. The Hall–Kier alpha value is -1.36. The first kappa shape index (κ1) is 8.91. The molecule has 0 aliphatic carbocycles. The minimum Gasteiger partial charge on any atom is -0.369 e. The third-order valence-corrected chi connectivity index (χ3v) is 3.07. The van der Waals surface area contributed by atoms with Crippen LogP contribution in [0.5, 0.6) is 0 Å². The zero-order chi connectivity index (χ0) is 10.3. The summed E-state index contributed by atoms with van der Waals surface area (Å²) >= 11 is 6.26. The number of fused-ring (bicyclic) bond motifs is 1. The highest BCUT2D eigenvalue weighted by Crippen LogP contribution is 2.29. The Bertz CT molecular complexity index is 488. The third-order valence-electron chi connectivity index (χ3n) is 2.70. The Kier molecular flexibility index (Phi) is 1.98. The summed E-state index contributed by atoms with van der Waals surface area (Å²) in [6.45, 7) is 2.09. The third kappa shape index (κ3) is 1.34. The zero-order valence-electron chi connectivity index (χ0n) is 8.10. The van der Waals surface area contributed by atoms with E-state index < -0.39 is 0 Å². The van der Waals surface area contributed by atoms with Gasteiger partial charge in [0.25, 0.3) is 0 Å². The lowest BCUT2D eigenvalue weighted by molar-refractivity contribution is 0.898. The Morgan fingerprint density at radius 2 is 2.07 bits per heavy atom. The van der Waals surface area contributed by atoms with Gasteiger partial charge in [0.15, 0.2) is 5.65 Å². The standard InChI is InChI=1S/C9H10ClN5/c10-8-7(14-3-1-2-4-14)5-12-15-6-11-13-9(8)15/h5-6H,1-4H2. The summed E-state index contributed by atoms with van der Waals surface area (Å²) in [6, 6.07) is 0. The van der Waals surface area contributed by atoms with Gasteiger partial charge in [0.1, 0.15) is 11.3 Å². The van der Waals surface area contributed by atoms with Crippen LogP contribution in [0.1, 0.15) is 12.8 Å². The number of hydrogen-bond acceptors (Lipinski definition) is 4. The largest absolute Gasteiger partial charge is 0.369 e. The van der Waals surface area contributed by atoms with Gasteiger partial charge < -0.3 is 4.90 Å². The van der Waals surface area contributed by atoms with Crippen molar-refractivity contribution in [1.82, 2.24) is 19.8 Å². The number of anilines is 1. The molecule has 0 spiro atoms. The summed E-state index contributed by atoms with van der Waals surface area (Å²) in [5.74, 6) is 0. The van der Waals surface area contributed by atoms with E-state index in [0.29, 0.717) is 10.7 Å². The van der Waals surface area contributed by atoms with Crippen molar-refractivity contribution in [1.29, 1.82) is 0 Å². The van der Waals surface area contributed by atoms with Crippen LogP contribution in [0.15, 0.2) is 12.5 Å².